The van der Waals surface area contributed by atoms with Crippen LogP contribution in [0.25, 0.3) is 0 Å². The Morgan fingerprint density at radius 3 is 3.00 bits per heavy atom. The minimum absolute atomic E-state index is 0.190. The molecule has 0 bridgehead atoms. The Labute approximate surface area is 82.1 Å². The summed E-state index contributed by atoms with van der Waals surface area (Å²) >= 11 is 5.62. The third kappa shape index (κ3) is 3.30. The van der Waals surface area contributed by atoms with Crippen LogP contribution in [0.5, 0.6) is 5.88 Å². The Morgan fingerprint density at radius 1 is 1.62 bits per heavy atom. The number of terminal acetylenes is 1. The summed E-state index contributed by atoms with van der Waals surface area (Å²) in [7, 11) is 0. The topological polar surface area (TPSA) is 35.0 Å². The molecule has 4 heteroatoms. The summed E-state index contributed by atoms with van der Waals surface area (Å²) in [4.78, 5) is 7.77. The van der Waals surface area contributed by atoms with Crippen molar-refractivity contribution in [3.8, 4) is 18.2 Å². The summed E-state index contributed by atoms with van der Waals surface area (Å²) in [6.07, 6.45) is 5.62. The van der Waals surface area contributed by atoms with Gasteiger partial charge in [-0.2, -0.15) is 4.98 Å². The number of nitrogens with zero attached hydrogens (tertiary/aromatic N) is 2. The van der Waals surface area contributed by atoms with Gasteiger partial charge in [-0.25, -0.2) is 4.98 Å². The summed E-state index contributed by atoms with van der Waals surface area (Å²) in [6, 6.07) is 1.71. The van der Waals surface area contributed by atoms with Crippen molar-refractivity contribution in [2.45, 2.75) is 13.3 Å². The number of hydrogen-bond donors (Lipinski definition) is 0. The molecular weight excluding hydrogens is 188 g/mol. The van der Waals surface area contributed by atoms with Crippen LogP contribution in [0.4, 0.5) is 0 Å². The van der Waals surface area contributed by atoms with Gasteiger partial charge in [0.2, 0.25) is 11.2 Å². The molecule has 0 unspecified atom stereocenters. The predicted molar refractivity (Wildman–Crippen MR) is 50.7 cm³/mol. The average Bonchev–Trinajstić information content (AvgIpc) is 2.03. The summed E-state index contributed by atoms with van der Waals surface area (Å²) in [5, 5.41) is 0.190. The molecule has 0 amide bonds. The molecule has 0 radical (unpaired) electrons. The number of rotatable bonds is 3. The molecule has 0 saturated heterocycles. The van der Waals surface area contributed by atoms with Crippen LogP contribution >= 0.6 is 11.6 Å². The Kier molecular flexibility index (Phi) is 3.53. The quantitative estimate of drug-likeness (QED) is 0.420. The Bertz CT molecular complexity index is 313. The highest BCUT2D eigenvalue weighted by Gasteiger charge is 1.99. The van der Waals surface area contributed by atoms with Crippen LogP contribution < -0.4 is 4.74 Å². The van der Waals surface area contributed by atoms with E-state index in [4.69, 9.17) is 22.8 Å². The maximum Gasteiger partial charge on any atom is 0.225 e. The molecule has 0 aromatic carbocycles. The molecule has 13 heavy (non-hydrogen) atoms. The van der Waals surface area contributed by atoms with Crippen molar-refractivity contribution in [2.75, 3.05) is 6.61 Å². The standard InChI is InChI=1S/C9H9ClN2O/c1-3-4-5-13-8-6-7(2)11-9(10)12-8/h1,6H,4-5H2,2H3. The average molecular weight is 197 g/mol. The van der Waals surface area contributed by atoms with Crippen molar-refractivity contribution in [1.82, 2.24) is 9.97 Å². The highest BCUT2D eigenvalue weighted by atomic mass is 35.5. The van der Waals surface area contributed by atoms with Gasteiger partial charge in [0.25, 0.3) is 0 Å². The minimum atomic E-state index is 0.190. The van der Waals surface area contributed by atoms with Gasteiger partial charge in [0, 0.05) is 18.2 Å². The van der Waals surface area contributed by atoms with E-state index in [1.54, 1.807) is 6.07 Å². The molecule has 68 valence electrons. The Balaban J connectivity index is 2.62. The van der Waals surface area contributed by atoms with Gasteiger partial charge in [-0.05, 0) is 18.5 Å². The summed E-state index contributed by atoms with van der Waals surface area (Å²) in [5.41, 5.74) is 0.774. The van der Waals surface area contributed by atoms with Gasteiger partial charge in [0.15, 0.2) is 0 Å². The summed E-state index contributed by atoms with van der Waals surface area (Å²) in [6.45, 7) is 2.27. The lowest BCUT2D eigenvalue weighted by molar-refractivity contribution is 0.313. The molecule has 0 fully saturated rings. The third-order valence-electron chi connectivity index (χ3n) is 1.30. The van der Waals surface area contributed by atoms with E-state index >= 15 is 0 Å². The smallest absolute Gasteiger partial charge is 0.225 e. The van der Waals surface area contributed by atoms with Gasteiger partial charge in [0.05, 0.1) is 0 Å². The zero-order chi connectivity index (χ0) is 9.68. The van der Waals surface area contributed by atoms with E-state index in [2.05, 4.69) is 15.9 Å². The number of aromatic nitrogens is 2. The molecule has 0 atom stereocenters. The van der Waals surface area contributed by atoms with E-state index in [0.29, 0.717) is 18.9 Å². The molecule has 1 aromatic heterocycles. The van der Waals surface area contributed by atoms with Crippen LogP contribution in [0, 0.1) is 19.3 Å². The first-order valence-corrected chi connectivity index (χ1v) is 4.17. The first kappa shape index (κ1) is 9.82. The lowest BCUT2D eigenvalue weighted by Gasteiger charge is -2.03. The van der Waals surface area contributed by atoms with Crippen molar-refractivity contribution >= 4 is 11.6 Å². The fourth-order valence-electron chi connectivity index (χ4n) is 0.793. The van der Waals surface area contributed by atoms with E-state index in [-0.39, 0.29) is 5.28 Å². The van der Waals surface area contributed by atoms with E-state index in [1.165, 1.54) is 0 Å². The van der Waals surface area contributed by atoms with Crippen molar-refractivity contribution in [1.29, 1.82) is 0 Å². The molecule has 1 heterocycles. The van der Waals surface area contributed by atoms with Gasteiger partial charge in [-0.1, -0.05) is 0 Å². The monoisotopic (exact) mass is 196 g/mol. The highest BCUT2D eigenvalue weighted by Crippen LogP contribution is 2.11. The van der Waals surface area contributed by atoms with E-state index in [1.807, 2.05) is 6.92 Å². The lowest BCUT2D eigenvalue weighted by Crippen LogP contribution is -1.99. The molecule has 0 N–H and O–H groups in total. The zero-order valence-corrected chi connectivity index (χ0v) is 8.01. The molecule has 1 rings (SSSR count). The number of aryl methyl sites for hydroxylation is 1. The van der Waals surface area contributed by atoms with Gasteiger partial charge in [-0.3, -0.25) is 0 Å². The SMILES string of the molecule is C#CCCOc1cc(C)nc(Cl)n1. The maximum atomic E-state index is 5.62. The largest absolute Gasteiger partial charge is 0.477 e. The second-order valence-electron chi connectivity index (χ2n) is 2.42. The number of hydrogen-bond acceptors (Lipinski definition) is 3. The molecule has 0 aliphatic carbocycles. The predicted octanol–water partition coefficient (Wildman–Crippen LogP) is 1.84. The van der Waals surface area contributed by atoms with Crippen LogP contribution in [0.1, 0.15) is 12.1 Å². The van der Waals surface area contributed by atoms with Crippen LogP contribution in [0.15, 0.2) is 6.07 Å². The summed E-state index contributed by atoms with van der Waals surface area (Å²) in [5.74, 6) is 2.93. The molecule has 1 aromatic rings. The second-order valence-corrected chi connectivity index (χ2v) is 2.76. The van der Waals surface area contributed by atoms with Gasteiger partial charge in [-0.15, -0.1) is 12.3 Å². The second kappa shape index (κ2) is 4.68. The van der Waals surface area contributed by atoms with E-state index in [9.17, 15) is 0 Å². The molecular formula is C9H9ClN2O. The normalized spacial score (nSPS) is 9.31. The third-order valence-corrected chi connectivity index (χ3v) is 1.47. The molecule has 0 spiro atoms. The molecule has 0 saturated carbocycles. The zero-order valence-electron chi connectivity index (χ0n) is 7.25. The Morgan fingerprint density at radius 2 is 2.38 bits per heavy atom. The van der Waals surface area contributed by atoms with Gasteiger partial charge < -0.3 is 4.74 Å². The molecule has 0 aliphatic rings. The molecule has 0 aliphatic heterocycles. The fraction of sp³-hybridized carbons (Fsp3) is 0.333. The van der Waals surface area contributed by atoms with Crippen LogP contribution in [-0.2, 0) is 0 Å². The maximum absolute atomic E-state index is 5.62. The van der Waals surface area contributed by atoms with Crippen LogP contribution in [-0.4, -0.2) is 16.6 Å². The van der Waals surface area contributed by atoms with E-state index < -0.39 is 0 Å². The van der Waals surface area contributed by atoms with Gasteiger partial charge >= 0.3 is 0 Å². The Hall–Kier alpha value is -1.27. The van der Waals surface area contributed by atoms with Crippen LogP contribution in [0.3, 0.4) is 0 Å². The fourth-order valence-corrected chi connectivity index (χ4v) is 1.01. The first-order valence-electron chi connectivity index (χ1n) is 3.80. The van der Waals surface area contributed by atoms with Crippen molar-refractivity contribution in [3.05, 3.63) is 17.0 Å². The highest BCUT2D eigenvalue weighted by molar-refractivity contribution is 6.28. The number of halogens is 1. The van der Waals surface area contributed by atoms with Crippen molar-refractivity contribution in [2.24, 2.45) is 0 Å². The minimum Gasteiger partial charge on any atom is -0.477 e. The van der Waals surface area contributed by atoms with Crippen molar-refractivity contribution < 1.29 is 4.74 Å². The van der Waals surface area contributed by atoms with Crippen molar-refractivity contribution in [3.63, 3.8) is 0 Å². The molecule has 3 nitrogen and oxygen atoms in total. The lowest BCUT2D eigenvalue weighted by atomic mass is 10.4. The van der Waals surface area contributed by atoms with Gasteiger partial charge in [0.1, 0.15) is 6.61 Å². The number of ether oxygens (including phenoxy) is 1. The van der Waals surface area contributed by atoms with E-state index in [0.717, 1.165) is 5.69 Å². The summed E-state index contributed by atoms with van der Waals surface area (Å²) < 4.78 is 5.23. The van der Waals surface area contributed by atoms with Crippen LogP contribution in [0.2, 0.25) is 5.28 Å². The first-order chi connectivity index (χ1) is 6.22.